The van der Waals surface area contributed by atoms with E-state index < -0.39 is 0 Å². The normalized spacial score (nSPS) is 17.9. The van der Waals surface area contributed by atoms with Gasteiger partial charge in [0.1, 0.15) is 0 Å². The summed E-state index contributed by atoms with van der Waals surface area (Å²) in [5.74, 6) is 0.716. The molecule has 0 radical (unpaired) electrons. The average molecular weight is 273 g/mol. The maximum absolute atomic E-state index is 5.74. The van der Waals surface area contributed by atoms with Crippen LogP contribution in [0.25, 0.3) is 10.8 Å². The van der Waals surface area contributed by atoms with Gasteiger partial charge in [-0.15, -0.1) is 0 Å². The van der Waals surface area contributed by atoms with E-state index in [0.29, 0.717) is 5.92 Å². The Balaban J connectivity index is 1.75. The third kappa shape index (κ3) is 2.91. The molecule has 1 aromatic carbocycles. The van der Waals surface area contributed by atoms with Crippen LogP contribution in [-0.2, 0) is 0 Å². The highest BCUT2D eigenvalue weighted by Crippen LogP contribution is 2.32. The molecule has 4 heteroatoms. The van der Waals surface area contributed by atoms with Crippen molar-refractivity contribution in [2.45, 2.75) is 17.7 Å². The first-order valence-corrected chi connectivity index (χ1v) is 7.60. The second-order valence-corrected chi connectivity index (χ2v) is 6.19. The molecule has 0 aliphatic carbocycles. The quantitative estimate of drug-likeness (QED) is 0.873. The van der Waals surface area contributed by atoms with Crippen molar-refractivity contribution in [2.24, 2.45) is 11.7 Å². The van der Waals surface area contributed by atoms with Crippen molar-refractivity contribution in [1.82, 2.24) is 9.29 Å². The van der Waals surface area contributed by atoms with E-state index in [4.69, 9.17) is 5.73 Å². The first kappa shape index (κ1) is 12.9. The van der Waals surface area contributed by atoms with Crippen molar-refractivity contribution in [3.63, 3.8) is 0 Å². The van der Waals surface area contributed by atoms with Gasteiger partial charge in [0.2, 0.25) is 0 Å². The minimum absolute atomic E-state index is 0.716. The molecule has 0 bridgehead atoms. The van der Waals surface area contributed by atoms with Crippen LogP contribution in [0.15, 0.2) is 41.6 Å². The predicted octanol–water partition coefficient (Wildman–Crippen LogP) is 2.91. The highest BCUT2D eigenvalue weighted by Gasteiger charge is 2.19. The standard InChI is InChI=1S/C15H19N3S/c16-10-12-5-8-18(9-6-12)19-15-3-1-2-13-11-17-7-4-14(13)15/h1-4,7,11-12H,5-6,8-10,16H2. The summed E-state index contributed by atoms with van der Waals surface area (Å²) >= 11 is 1.87. The number of pyridine rings is 1. The summed E-state index contributed by atoms with van der Waals surface area (Å²) in [6, 6.07) is 8.53. The Kier molecular flexibility index (Phi) is 4.01. The highest BCUT2D eigenvalue weighted by atomic mass is 32.2. The molecular weight excluding hydrogens is 254 g/mol. The van der Waals surface area contributed by atoms with Gasteiger partial charge in [0.25, 0.3) is 0 Å². The van der Waals surface area contributed by atoms with Gasteiger partial charge >= 0.3 is 0 Å². The molecule has 1 saturated heterocycles. The monoisotopic (exact) mass is 273 g/mol. The van der Waals surface area contributed by atoms with E-state index in [1.54, 1.807) is 0 Å². The Morgan fingerprint density at radius 3 is 2.89 bits per heavy atom. The van der Waals surface area contributed by atoms with Crippen LogP contribution in [0.4, 0.5) is 0 Å². The van der Waals surface area contributed by atoms with Crippen LogP contribution in [0.5, 0.6) is 0 Å². The van der Waals surface area contributed by atoms with Crippen molar-refractivity contribution in [1.29, 1.82) is 0 Å². The molecule has 2 N–H and O–H groups in total. The zero-order chi connectivity index (χ0) is 13.1. The number of aromatic nitrogens is 1. The average Bonchev–Trinajstić information content (AvgIpc) is 2.48. The molecule has 0 unspecified atom stereocenters. The lowest BCUT2D eigenvalue weighted by molar-refractivity contribution is 0.297. The van der Waals surface area contributed by atoms with Gasteiger partial charge in [-0.2, -0.15) is 0 Å². The summed E-state index contributed by atoms with van der Waals surface area (Å²) in [5.41, 5.74) is 5.74. The van der Waals surface area contributed by atoms with Gasteiger partial charge in [-0.3, -0.25) is 4.98 Å². The SMILES string of the molecule is NCC1CCN(Sc2cccc3cnccc23)CC1. The van der Waals surface area contributed by atoms with Crippen molar-refractivity contribution >= 4 is 22.7 Å². The van der Waals surface area contributed by atoms with Crippen LogP contribution in [0.1, 0.15) is 12.8 Å². The number of piperidine rings is 1. The van der Waals surface area contributed by atoms with Gasteiger partial charge in [0.15, 0.2) is 0 Å². The highest BCUT2D eigenvalue weighted by molar-refractivity contribution is 7.97. The summed E-state index contributed by atoms with van der Waals surface area (Å²) in [6.45, 7) is 3.10. The van der Waals surface area contributed by atoms with Gasteiger partial charge < -0.3 is 5.73 Å². The second kappa shape index (κ2) is 5.90. The number of nitrogens with zero attached hydrogens (tertiary/aromatic N) is 2. The van der Waals surface area contributed by atoms with Crippen molar-refractivity contribution in [3.8, 4) is 0 Å². The number of rotatable bonds is 3. The molecule has 1 aromatic heterocycles. The first-order chi connectivity index (χ1) is 9.36. The number of nitrogens with two attached hydrogens (primary N) is 1. The molecule has 0 saturated carbocycles. The smallest absolute Gasteiger partial charge is 0.0346 e. The topological polar surface area (TPSA) is 42.1 Å². The van der Waals surface area contributed by atoms with E-state index >= 15 is 0 Å². The van der Waals surface area contributed by atoms with Gasteiger partial charge in [-0.05, 0) is 54.8 Å². The number of hydrogen-bond acceptors (Lipinski definition) is 4. The number of benzene rings is 1. The van der Waals surface area contributed by atoms with Crippen LogP contribution in [0.3, 0.4) is 0 Å². The molecule has 19 heavy (non-hydrogen) atoms. The van der Waals surface area contributed by atoms with Crippen LogP contribution in [-0.4, -0.2) is 28.9 Å². The largest absolute Gasteiger partial charge is 0.330 e. The molecule has 1 fully saturated rings. The molecular formula is C15H19N3S. The Morgan fingerprint density at radius 2 is 2.11 bits per heavy atom. The van der Waals surface area contributed by atoms with Gasteiger partial charge in [0.05, 0.1) is 0 Å². The van der Waals surface area contributed by atoms with Gasteiger partial charge in [-0.1, -0.05) is 12.1 Å². The van der Waals surface area contributed by atoms with Gasteiger partial charge in [-0.25, -0.2) is 4.31 Å². The number of fused-ring (bicyclic) bond motifs is 1. The second-order valence-electron chi connectivity index (χ2n) is 5.05. The van der Waals surface area contributed by atoms with E-state index in [0.717, 1.165) is 19.6 Å². The fourth-order valence-electron chi connectivity index (χ4n) is 2.55. The van der Waals surface area contributed by atoms with Crippen molar-refractivity contribution in [3.05, 3.63) is 36.7 Å². The maximum Gasteiger partial charge on any atom is 0.0346 e. The predicted molar refractivity (Wildman–Crippen MR) is 81.0 cm³/mol. The Bertz CT molecular complexity index is 545. The third-order valence-electron chi connectivity index (χ3n) is 3.78. The molecule has 2 aromatic rings. The summed E-state index contributed by atoms with van der Waals surface area (Å²) in [4.78, 5) is 5.51. The fraction of sp³-hybridized carbons (Fsp3) is 0.400. The fourth-order valence-corrected chi connectivity index (χ4v) is 3.64. The summed E-state index contributed by atoms with van der Waals surface area (Å²) in [7, 11) is 0. The molecule has 1 aliphatic rings. The molecule has 0 spiro atoms. The molecule has 100 valence electrons. The molecule has 3 nitrogen and oxygen atoms in total. The zero-order valence-electron chi connectivity index (χ0n) is 11.0. The molecule has 2 heterocycles. The zero-order valence-corrected chi connectivity index (χ0v) is 11.8. The summed E-state index contributed by atoms with van der Waals surface area (Å²) < 4.78 is 2.46. The third-order valence-corrected chi connectivity index (χ3v) is 4.95. The van der Waals surface area contributed by atoms with Crippen LogP contribution in [0.2, 0.25) is 0 Å². The lowest BCUT2D eigenvalue weighted by Crippen LogP contribution is -2.31. The van der Waals surface area contributed by atoms with E-state index in [1.165, 1.54) is 28.5 Å². The van der Waals surface area contributed by atoms with Gasteiger partial charge in [0, 0.05) is 35.8 Å². The molecule has 3 rings (SSSR count). The molecule has 0 amide bonds. The van der Waals surface area contributed by atoms with Crippen molar-refractivity contribution < 1.29 is 0 Å². The maximum atomic E-state index is 5.74. The van der Waals surface area contributed by atoms with Crippen LogP contribution < -0.4 is 5.73 Å². The van der Waals surface area contributed by atoms with Crippen LogP contribution in [0, 0.1) is 5.92 Å². The van der Waals surface area contributed by atoms with E-state index in [9.17, 15) is 0 Å². The van der Waals surface area contributed by atoms with E-state index in [1.807, 2.05) is 24.3 Å². The Morgan fingerprint density at radius 1 is 1.26 bits per heavy atom. The Hall–Kier alpha value is -1.10. The minimum Gasteiger partial charge on any atom is -0.330 e. The first-order valence-electron chi connectivity index (χ1n) is 6.82. The summed E-state index contributed by atoms with van der Waals surface area (Å²) in [6.07, 6.45) is 6.23. The van der Waals surface area contributed by atoms with Crippen LogP contribution >= 0.6 is 11.9 Å². The summed E-state index contributed by atoms with van der Waals surface area (Å²) in [5, 5.41) is 2.51. The lowest BCUT2D eigenvalue weighted by Gasteiger charge is -2.30. The molecule has 0 atom stereocenters. The lowest BCUT2D eigenvalue weighted by atomic mass is 9.99. The Labute approximate surface area is 118 Å². The van der Waals surface area contributed by atoms with E-state index in [-0.39, 0.29) is 0 Å². The van der Waals surface area contributed by atoms with E-state index in [2.05, 4.69) is 33.6 Å². The van der Waals surface area contributed by atoms with Crippen molar-refractivity contribution in [2.75, 3.05) is 19.6 Å². The number of hydrogen-bond donors (Lipinski definition) is 1. The minimum atomic E-state index is 0.716. The molecule has 1 aliphatic heterocycles.